The summed E-state index contributed by atoms with van der Waals surface area (Å²) in [4.78, 5) is 19.9. The highest BCUT2D eigenvalue weighted by molar-refractivity contribution is 9.10. The molecule has 5 rings (SSSR count). The molecule has 2 heterocycles. The van der Waals surface area contributed by atoms with Crippen molar-refractivity contribution < 1.29 is 14.3 Å². The van der Waals surface area contributed by atoms with Gasteiger partial charge in [-0.2, -0.15) is 0 Å². The zero-order valence-corrected chi connectivity index (χ0v) is 17.6. The molecule has 0 radical (unpaired) electrons. The van der Waals surface area contributed by atoms with E-state index in [1.807, 2.05) is 48.5 Å². The average Bonchev–Trinajstić information content (AvgIpc) is 3.38. The maximum Gasteiger partial charge on any atom is 0.260 e. The molecule has 0 aliphatic carbocycles. The van der Waals surface area contributed by atoms with Gasteiger partial charge in [0.25, 0.3) is 5.91 Å². The Balaban J connectivity index is 1.56. The molecule has 7 heteroatoms. The summed E-state index contributed by atoms with van der Waals surface area (Å²) in [5, 5.41) is 0.657. The number of halogens is 1. The van der Waals surface area contributed by atoms with Crippen LogP contribution in [0, 0.1) is 0 Å². The number of aromatic nitrogens is 1. The number of fused-ring (bicyclic) bond motifs is 2. The van der Waals surface area contributed by atoms with Crippen LogP contribution >= 0.6 is 27.3 Å². The number of amides is 1. The van der Waals surface area contributed by atoms with Gasteiger partial charge in [-0.3, -0.25) is 9.69 Å². The summed E-state index contributed by atoms with van der Waals surface area (Å²) in [6.07, 6.45) is 0. The Hall–Kier alpha value is -2.90. The summed E-state index contributed by atoms with van der Waals surface area (Å²) in [7, 11) is 0. The van der Waals surface area contributed by atoms with Gasteiger partial charge in [0.1, 0.15) is 0 Å². The highest BCUT2D eigenvalue weighted by atomic mass is 79.9. The lowest BCUT2D eigenvalue weighted by Crippen LogP contribution is -2.30. The Morgan fingerprint density at radius 1 is 1.03 bits per heavy atom. The monoisotopic (exact) mass is 466 g/mol. The average molecular weight is 467 g/mol. The highest BCUT2D eigenvalue weighted by Gasteiger charge is 2.24. The van der Waals surface area contributed by atoms with E-state index in [4.69, 9.17) is 14.5 Å². The van der Waals surface area contributed by atoms with Gasteiger partial charge < -0.3 is 9.47 Å². The van der Waals surface area contributed by atoms with Crippen molar-refractivity contribution in [3.63, 3.8) is 0 Å². The van der Waals surface area contributed by atoms with E-state index in [2.05, 4.69) is 15.9 Å². The van der Waals surface area contributed by atoms with Crippen LogP contribution in [0.4, 0.5) is 5.13 Å². The van der Waals surface area contributed by atoms with E-state index in [9.17, 15) is 4.79 Å². The van der Waals surface area contributed by atoms with E-state index in [1.165, 1.54) is 11.3 Å². The van der Waals surface area contributed by atoms with Crippen LogP contribution in [0.2, 0.25) is 0 Å². The number of carbonyl (C=O) groups is 1. The van der Waals surface area contributed by atoms with Crippen LogP contribution in [0.15, 0.2) is 71.2 Å². The van der Waals surface area contributed by atoms with Crippen molar-refractivity contribution in [3.8, 4) is 11.5 Å². The quantitative estimate of drug-likeness (QED) is 0.390. The first-order valence-corrected chi connectivity index (χ1v) is 10.6. The predicted molar refractivity (Wildman–Crippen MR) is 117 cm³/mol. The van der Waals surface area contributed by atoms with E-state index >= 15 is 0 Å². The van der Waals surface area contributed by atoms with E-state index in [-0.39, 0.29) is 12.7 Å². The molecule has 0 fully saturated rings. The summed E-state index contributed by atoms with van der Waals surface area (Å²) in [6, 6.07) is 21.1. The third-order valence-corrected chi connectivity index (χ3v) is 6.15. The van der Waals surface area contributed by atoms with Crippen LogP contribution in [-0.2, 0) is 6.54 Å². The highest BCUT2D eigenvalue weighted by Crippen LogP contribution is 2.35. The number of thiazole rings is 1. The molecule has 0 spiro atoms. The third kappa shape index (κ3) is 3.59. The van der Waals surface area contributed by atoms with Gasteiger partial charge in [-0.1, -0.05) is 57.6 Å². The fraction of sp³-hybridized carbons (Fsp3) is 0.0909. The van der Waals surface area contributed by atoms with Crippen LogP contribution in [0.1, 0.15) is 15.9 Å². The van der Waals surface area contributed by atoms with E-state index in [0.29, 0.717) is 28.7 Å². The number of hydrogen-bond donors (Lipinski definition) is 0. The van der Waals surface area contributed by atoms with Crippen molar-refractivity contribution in [1.29, 1.82) is 0 Å². The van der Waals surface area contributed by atoms with E-state index in [0.717, 1.165) is 20.3 Å². The van der Waals surface area contributed by atoms with Crippen molar-refractivity contribution in [3.05, 3.63) is 82.3 Å². The molecule has 3 aromatic carbocycles. The molecular formula is C22H15BrN2O3S. The van der Waals surface area contributed by atoms with Gasteiger partial charge in [-0.05, 0) is 42.0 Å². The molecule has 0 bridgehead atoms. The zero-order chi connectivity index (χ0) is 19.8. The zero-order valence-electron chi connectivity index (χ0n) is 15.2. The first-order valence-electron chi connectivity index (χ1n) is 8.99. The van der Waals surface area contributed by atoms with Crippen LogP contribution in [0.25, 0.3) is 10.2 Å². The van der Waals surface area contributed by atoms with Crippen molar-refractivity contribution in [2.75, 3.05) is 11.7 Å². The summed E-state index contributed by atoms with van der Waals surface area (Å²) in [5.74, 6) is 1.11. The topological polar surface area (TPSA) is 51.7 Å². The second-order valence-electron chi connectivity index (χ2n) is 6.55. The van der Waals surface area contributed by atoms with Gasteiger partial charge in [-0.15, -0.1) is 0 Å². The second-order valence-corrected chi connectivity index (χ2v) is 8.48. The number of carbonyl (C=O) groups excluding carboxylic acids is 1. The van der Waals surface area contributed by atoms with Gasteiger partial charge >= 0.3 is 0 Å². The van der Waals surface area contributed by atoms with Crippen molar-refractivity contribution in [1.82, 2.24) is 4.98 Å². The molecule has 1 aromatic heterocycles. The van der Waals surface area contributed by atoms with Gasteiger partial charge in [0, 0.05) is 10.0 Å². The van der Waals surface area contributed by atoms with Crippen LogP contribution in [-0.4, -0.2) is 17.7 Å². The van der Waals surface area contributed by atoms with Gasteiger partial charge in [0.2, 0.25) is 6.79 Å². The fourth-order valence-electron chi connectivity index (χ4n) is 3.18. The first-order chi connectivity index (χ1) is 14.2. The number of benzene rings is 3. The molecule has 5 nitrogen and oxygen atoms in total. The number of anilines is 1. The Morgan fingerprint density at radius 3 is 2.72 bits per heavy atom. The van der Waals surface area contributed by atoms with Crippen molar-refractivity contribution in [2.24, 2.45) is 0 Å². The van der Waals surface area contributed by atoms with Gasteiger partial charge in [0.05, 0.1) is 16.8 Å². The smallest absolute Gasteiger partial charge is 0.260 e. The maximum atomic E-state index is 13.5. The molecule has 29 heavy (non-hydrogen) atoms. The molecule has 0 unspecified atom stereocenters. The van der Waals surface area contributed by atoms with E-state index in [1.54, 1.807) is 23.1 Å². The minimum atomic E-state index is -0.134. The predicted octanol–water partition coefficient (Wildman–Crippen LogP) is 5.63. The van der Waals surface area contributed by atoms with Crippen LogP contribution < -0.4 is 14.4 Å². The molecule has 4 aromatic rings. The Labute approximate surface area is 179 Å². The molecule has 1 aliphatic heterocycles. The summed E-state index contributed by atoms with van der Waals surface area (Å²) < 4.78 is 12.8. The Bertz CT molecular complexity index is 1210. The molecule has 0 atom stereocenters. The first kappa shape index (κ1) is 18.1. The van der Waals surface area contributed by atoms with Crippen molar-refractivity contribution >= 4 is 48.5 Å². The fourth-order valence-corrected chi connectivity index (χ4v) is 4.69. The summed E-state index contributed by atoms with van der Waals surface area (Å²) >= 11 is 4.99. The lowest BCUT2D eigenvalue weighted by molar-refractivity contribution is 0.0984. The largest absolute Gasteiger partial charge is 0.454 e. The third-order valence-electron chi connectivity index (χ3n) is 4.62. The standard InChI is InChI=1S/C22H15BrN2O3S/c23-16-7-8-17-20(11-16)29-22(24-17)25(12-14-4-2-1-3-5-14)21(26)15-6-9-18-19(10-15)28-13-27-18/h1-11H,12-13H2. The molecular weight excluding hydrogens is 452 g/mol. The second kappa shape index (κ2) is 7.50. The van der Waals surface area contributed by atoms with Gasteiger partial charge in [0.15, 0.2) is 16.6 Å². The summed E-state index contributed by atoms with van der Waals surface area (Å²) in [5.41, 5.74) is 2.43. The van der Waals surface area contributed by atoms with Crippen molar-refractivity contribution in [2.45, 2.75) is 6.54 Å². The van der Waals surface area contributed by atoms with Gasteiger partial charge in [-0.25, -0.2) is 4.98 Å². The Morgan fingerprint density at radius 2 is 1.86 bits per heavy atom. The minimum Gasteiger partial charge on any atom is -0.454 e. The lowest BCUT2D eigenvalue weighted by atomic mass is 10.1. The number of hydrogen-bond acceptors (Lipinski definition) is 5. The van der Waals surface area contributed by atoms with E-state index < -0.39 is 0 Å². The molecule has 1 aliphatic rings. The number of nitrogens with zero attached hydrogens (tertiary/aromatic N) is 2. The maximum absolute atomic E-state index is 13.5. The molecule has 1 amide bonds. The molecule has 0 saturated carbocycles. The molecule has 144 valence electrons. The number of ether oxygens (including phenoxy) is 2. The van der Waals surface area contributed by atoms with Crippen LogP contribution in [0.3, 0.4) is 0 Å². The lowest BCUT2D eigenvalue weighted by Gasteiger charge is -2.20. The number of rotatable bonds is 4. The summed E-state index contributed by atoms with van der Waals surface area (Å²) in [6.45, 7) is 0.600. The Kier molecular flexibility index (Phi) is 4.69. The molecule has 0 N–H and O–H groups in total. The normalized spacial score (nSPS) is 12.3. The van der Waals surface area contributed by atoms with Crippen LogP contribution in [0.5, 0.6) is 11.5 Å². The molecule has 0 saturated heterocycles. The minimum absolute atomic E-state index is 0.134. The SMILES string of the molecule is O=C(c1ccc2c(c1)OCO2)N(Cc1ccccc1)c1nc2ccc(Br)cc2s1.